The number of aliphatic imine (C=N–C) groups is 1. The number of nitrogens with two attached hydrogens (primary N) is 1. The highest BCUT2D eigenvalue weighted by Crippen LogP contribution is 2.31. The Bertz CT molecular complexity index is 902. The minimum absolute atomic E-state index is 0.0246. The molecule has 0 aliphatic carbocycles. The van der Waals surface area contributed by atoms with Gasteiger partial charge < -0.3 is 20.5 Å². The Morgan fingerprint density at radius 2 is 2.10 bits per heavy atom. The molecule has 0 saturated carbocycles. The molecule has 8 heteroatoms. The van der Waals surface area contributed by atoms with Gasteiger partial charge in [-0.05, 0) is 36.6 Å². The summed E-state index contributed by atoms with van der Waals surface area (Å²) in [5.41, 5.74) is 7.39. The molecule has 1 unspecified atom stereocenters. The number of aryl methyl sites for hydroxylation is 1. The molecule has 154 valence electrons. The predicted octanol–water partition coefficient (Wildman–Crippen LogP) is 3.62. The van der Waals surface area contributed by atoms with Crippen molar-refractivity contribution in [1.29, 1.82) is 0 Å². The van der Waals surface area contributed by atoms with E-state index in [2.05, 4.69) is 15.3 Å². The quantitative estimate of drug-likeness (QED) is 0.722. The number of fused-ring (bicyclic) bond motifs is 1. The molecule has 29 heavy (non-hydrogen) atoms. The van der Waals surface area contributed by atoms with Gasteiger partial charge in [0.25, 0.3) is 0 Å². The van der Waals surface area contributed by atoms with Crippen molar-refractivity contribution >= 4 is 23.5 Å². The summed E-state index contributed by atoms with van der Waals surface area (Å²) in [6, 6.07) is 5.59. The smallest absolute Gasteiger partial charge is 0.177 e. The van der Waals surface area contributed by atoms with E-state index in [1.54, 1.807) is 12.3 Å². The third-order valence-electron chi connectivity index (χ3n) is 5.38. The van der Waals surface area contributed by atoms with E-state index < -0.39 is 11.6 Å². The van der Waals surface area contributed by atoms with Gasteiger partial charge in [0.15, 0.2) is 5.82 Å². The number of nitrogens with zero attached hydrogens (tertiary/aromatic N) is 2. The second kappa shape index (κ2) is 8.42. The van der Waals surface area contributed by atoms with E-state index in [0.29, 0.717) is 37.0 Å². The fraction of sp³-hybridized carbons (Fsp3) is 0.429. The lowest BCUT2D eigenvalue weighted by molar-refractivity contribution is 0.0701. The molecule has 0 amide bonds. The predicted molar refractivity (Wildman–Crippen MR) is 107 cm³/mol. The van der Waals surface area contributed by atoms with Crippen molar-refractivity contribution in [2.24, 2.45) is 10.9 Å². The van der Waals surface area contributed by atoms with Gasteiger partial charge in [-0.25, -0.2) is 18.8 Å². The lowest BCUT2D eigenvalue weighted by Gasteiger charge is -2.14. The van der Waals surface area contributed by atoms with Crippen molar-refractivity contribution in [3.05, 3.63) is 47.0 Å². The van der Waals surface area contributed by atoms with Crippen LogP contribution in [0.15, 0.2) is 29.3 Å². The molecule has 3 heterocycles. The number of halogens is 2. The summed E-state index contributed by atoms with van der Waals surface area (Å²) in [7, 11) is 0. The van der Waals surface area contributed by atoms with Gasteiger partial charge in [-0.3, -0.25) is 0 Å². The number of rotatable bonds is 6. The molecule has 2 saturated heterocycles. The maximum Gasteiger partial charge on any atom is 0.177 e. The fourth-order valence-electron chi connectivity index (χ4n) is 3.76. The molecule has 2 fully saturated rings. The zero-order valence-electron chi connectivity index (χ0n) is 16.2. The first kappa shape index (κ1) is 19.7. The van der Waals surface area contributed by atoms with Crippen LogP contribution in [0.25, 0.3) is 0 Å². The number of hydrogen-bond donors (Lipinski definition) is 2. The number of hydrogen-bond acceptors (Lipinski definition) is 6. The maximum atomic E-state index is 13.9. The number of nitrogens with one attached hydrogen (secondary N) is 1. The second-order valence-electron chi connectivity index (χ2n) is 7.25. The van der Waals surface area contributed by atoms with Crippen LogP contribution in [0.5, 0.6) is 0 Å². The van der Waals surface area contributed by atoms with Crippen LogP contribution in [0.2, 0.25) is 0 Å². The van der Waals surface area contributed by atoms with Crippen LogP contribution < -0.4 is 11.1 Å². The Kier molecular flexibility index (Phi) is 5.73. The molecule has 1 aromatic carbocycles. The molecule has 3 N–H and O–H groups in total. The summed E-state index contributed by atoms with van der Waals surface area (Å²) < 4.78 is 39.3. The highest BCUT2D eigenvalue weighted by molar-refractivity contribution is 5.73. The van der Waals surface area contributed by atoms with Crippen LogP contribution in [0.3, 0.4) is 0 Å². The molecule has 0 bridgehead atoms. The molecular formula is C21H24F2N4O2. The number of pyridine rings is 1. The Labute approximate surface area is 168 Å². The topological polar surface area (TPSA) is 81.8 Å². The zero-order chi connectivity index (χ0) is 20.4. The monoisotopic (exact) mass is 402 g/mol. The van der Waals surface area contributed by atoms with Gasteiger partial charge in [0, 0.05) is 30.8 Å². The molecule has 1 aromatic heterocycles. The van der Waals surface area contributed by atoms with Gasteiger partial charge in [-0.1, -0.05) is 13.0 Å². The van der Waals surface area contributed by atoms with E-state index in [1.165, 1.54) is 18.2 Å². The van der Waals surface area contributed by atoms with Crippen LogP contribution >= 0.6 is 0 Å². The molecule has 0 radical (unpaired) electrons. The highest BCUT2D eigenvalue weighted by Gasteiger charge is 2.40. The summed E-state index contributed by atoms with van der Waals surface area (Å²) in [5.74, 6) is -0.277. The van der Waals surface area contributed by atoms with Crippen molar-refractivity contribution in [3.8, 4) is 0 Å². The average molecular weight is 402 g/mol. The van der Waals surface area contributed by atoms with Gasteiger partial charge >= 0.3 is 0 Å². The second-order valence-corrected chi connectivity index (χ2v) is 7.25. The number of nitrogen functional groups attached to an aromatic ring is 1. The van der Waals surface area contributed by atoms with Gasteiger partial charge in [0.2, 0.25) is 0 Å². The largest absolute Gasteiger partial charge is 0.396 e. The third-order valence-corrected chi connectivity index (χ3v) is 5.38. The van der Waals surface area contributed by atoms with E-state index in [0.717, 1.165) is 12.0 Å². The van der Waals surface area contributed by atoms with Crippen LogP contribution in [0, 0.1) is 17.6 Å². The van der Waals surface area contributed by atoms with Gasteiger partial charge in [0.1, 0.15) is 17.5 Å². The number of benzene rings is 1. The molecular weight excluding hydrogens is 378 g/mol. The van der Waals surface area contributed by atoms with Gasteiger partial charge in [-0.2, -0.15) is 0 Å². The summed E-state index contributed by atoms with van der Waals surface area (Å²) in [6.45, 7) is 3.19. The molecule has 6 nitrogen and oxygen atoms in total. The van der Waals surface area contributed by atoms with Crippen molar-refractivity contribution in [1.82, 2.24) is 4.98 Å². The SMILES string of the molecule is CCc1cc(N)c(N=CC2CO[C@@H]3CCO[C@H]23)nc1NCc1c(F)cccc1F. The van der Waals surface area contributed by atoms with E-state index >= 15 is 0 Å². The van der Waals surface area contributed by atoms with E-state index in [4.69, 9.17) is 15.2 Å². The molecule has 2 aliphatic rings. The summed E-state index contributed by atoms with van der Waals surface area (Å²) in [5, 5.41) is 3.02. The minimum atomic E-state index is -0.600. The van der Waals surface area contributed by atoms with Gasteiger partial charge in [-0.15, -0.1) is 0 Å². The maximum absolute atomic E-state index is 13.9. The van der Waals surface area contributed by atoms with Gasteiger partial charge in [0.05, 0.1) is 24.5 Å². The first-order valence-electron chi connectivity index (χ1n) is 9.80. The molecule has 0 spiro atoms. The fourth-order valence-corrected chi connectivity index (χ4v) is 3.76. The molecule has 2 aliphatic heterocycles. The summed E-state index contributed by atoms with van der Waals surface area (Å²) in [6.07, 6.45) is 3.50. The molecule has 4 rings (SSSR count). The van der Waals surface area contributed by atoms with Crippen molar-refractivity contribution in [2.45, 2.75) is 38.5 Å². The van der Waals surface area contributed by atoms with E-state index in [-0.39, 0.29) is 30.2 Å². The van der Waals surface area contributed by atoms with Crippen LogP contribution in [0.4, 0.5) is 26.1 Å². The standard InChI is InChI=1S/C21H24F2N4O2/c1-2-12-8-17(24)21(25-9-13-11-29-18-6-7-28-19(13)18)27-20(12)26-10-14-15(22)4-3-5-16(14)23/h3-5,8-9,13,18-19H,2,6-7,10-11,24H2,1H3,(H,26,27)/t13?,18-,19-/m1/s1. The first-order chi connectivity index (χ1) is 14.1. The van der Waals surface area contributed by atoms with E-state index in [1.807, 2.05) is 6.92 Å². The number of anilines is 2. The Morgan fingerprint density at radius 1 is 1.31 bits per heavy atom. The van der Waals surface area contributed by atoms with Crippen LogP contribution in [0.1, 0.15) is 24.5 Å². The Morgan fingerprint density at radius 3 is 2.86 bits per heavy atom. The Hall–Kier alpha value is -2.58. The minimum Gasteiger partial charge on any atom is -0.396 e. The van der Waals surface area contributed by atoms with Crippen molar-refractivity contribution in [3.63, 3.8) is 0 Å². The zero-order valence-corrected chi connectivity index (χ0v) is 16.2. The first-order valence-corrected chi connectivity index (χ1v) is 9.80. The number of aromatic nitrogens is 1. The van der Waals surface area contributed by atoms with Crippen LogP contribution in [-0.2, 0) is 22.4 Å². The molecule has 2 aromatic rings. The normalized spacial score (nSPS) is 23.6. The van der Waals surface area contributed by atoms with Crippen LogP contribution in [-0.4, -0.2) is 36.6 Å². The van der Waals surface area contributed by atoms with E-state index in [9.17, 15) is 8.78 Å². The third kappa shape index (κ3) is 4.09. The lowest BCUT2D eigenvalue weighted by atomic mass is 10.0. The summed E-state index contributed by atoms with van der Waals surface area (Å²) in [4.78, 5) is 8.97. The van der Waals surface area contributed by atoms with Crippen molar-refractivity contribution < 1.29 is 18.3 Å². The highest BCUT2D eigenvalue weighted by atomic mass is 19.1. The Balaban J connectivity index is 1.54. The summed E-state index contributed by atoms with van der Waals surface area (Å²) >= 11 is 0. The molecule has 3 atom stereocenters. The average Bonchev–Trinajstić information content (AvgIpc) is 3.31. The lowest BCUT2D eigenvalue weighted by Crippen LogP contribution is -2.23. The van der Waals surface area contributed by atoms with Crippen molar-refractivity contribution in [2.75, 3.05) is 24.3 Å². The number of ether oxygens (including phenoxy) is 2.